The zero-order valence-electron chi connectivity index (χ0n) is 19.6. The molecule has 184 valence electrons. The molecule has 10 heteroatoms. The average Bonchev–Trinajstić information content (AvgIpc) is 3.28. The van der Waals surface area contributed by atoms with Crippen LogP contribution < -0.4 is 15.1 Å². The number of nitro groups is 1. The largest absolute Gasteiger partial charge is 0.452 e. The van der Waals surface area contributed by atoms with Gasteiger partial charge in [0.05, 0.1) is 10.5 Å². The molecule has 2 aliphatic heterocycles. The molecule has 2 aliphatic rings. The molecule has 0 spiro atoms. The van der Waals surface area contributed by atoms with Crippen molar-refractivity contribution in [2.75, 3.05) is 41.4 Å². The first-order valence-electron chi connectivity index (χ1n) is 11.7. The topological polar surface area (TPSA) is 122 Å². The van der Waals surface area contributed by atoms with E-state index < -0.39 is 23.4 Å². The van der Waals surface area contributed by atoms with Crippen molar-refractivity contribution >= 4 is 40.5 Å². The summed E-state index contributed by atoms with van der Waals surface area (Å²) in [5.41, 5.74) is 1.49. The molecule has 0 aliphatic carbocycles. The zero-order valence-corrected chi connectivity index (χ0v) is 19.6. The highest BCUT2D eigenvalue weighted by Gasteiger charge is 2.25. The van der Waals surface area contributed by atoms with E-state index in [-0.39, 0.29) is 17.2 Å². The van der Waals surface area contributed by atoms with Gasteiger partial charge in [-0.2, -0.15) is 0 Å². The van der Waals surface area contributed by atoms with Crippen LogP contribution in [0.5, 0.6) is 0 Å². The predicted octanol–water partition coefficient (Wildman–Crippen LogP) is 3.75. The maximum Gasteiger partial charge on any atom is 0.338 e. The van der Waals surface area contributed by atoms with Crippen molar-refractivity contribution in [2.45, 2.75) is 32.6 Å². The van der Waals surface area contributed by atoms with Crippen LogP contribution in [0.25, 0.3) is 0 Å². The molecule has 0 saturated carbocycles. The second-order valence-electron chi connectivity index (χ2n) is 8.95. The number of hydrogen-bond donors (Lipinski definition) is 1. The van der Waals surface area contributed by atoms with Crippen LogP contribution >= 0.6 is 0 Å². The van der Waals surface area contributed by atoms with Crippen LogP contribution in [0.15, 0.2) is 42.5 Å². The first-order valence-corrected chi connectivity index (χ1v) is 11.7. The highest BCUT2D eigenvalue weighted by molar-refractivity contribution is 5.98. The zero-order chi connectivity index (χ0) is 24.9. The van der Waals surface area contributed by atoms with Gasteiger partial charge in [-0.15, -0.1) is 0 Å². The standard InChI is InChI=1S/C25H28N4O6/c1-17-9-12-27(13-10-17)21-8-7-18(14-22(21)29(33)34)25(32)35-16-23(30)26-19-4-2-5-20(15-19)28-11-3-6-24(28)31/h2,4-5,7-8,14-15,17H,3,6,9-13,16H2,1H3,(H,26,30). The van der Waals surface area contributed by atoms with Gasteiger partial charge >= 0.3 is 5.97 Å². The summed E-state index contributed by atoms with van der Waals surface area (Å²) in [6.45, 7) is 3.69. The molecule has 35 heavy (non-hydrogen) atoms. The minimum Gasteiger partial charge on any atom is -0.452 e. The summed E-state index contributed by atoms with van der Waals surface area (Å²) in [7, 11) is 0. The van der Waals surface area contributed by atoms with E-state index >= 15 is 0 Å². The van der Waals surface area contributed by atoms with Crippen LogP contribution in [0.1, 0.15) is 43.0 Å². The Morgan fingerprint density at radius 3 is 2.60 bits per heavy atom. The van der Waals surface area contributed by atoms with Crippen LogP contribution in [-0.2, 0) is 14.3 Å². The van der Waals surface area contributed by atoms with E-state index in [1.54, 1.807) is 35.2 Å². The van der Waals surface area contributed by atoms with Gasteiger partial charge in [0.15, 0.2) is 6.61 Å². The van der Waals surface area contributed by atoms with Crippen LogP contribution in [0.4, 0.5) is 22.7 Å². The molecule has 2 aromatic carbocycles. The minimum absolute atomic E-state index is 0.00757. The van der Waals surface area contributed by atoms with E-state index in [1.807, 2.05) is 4.90 Å². The number of amides is 2. The summed E-state index contributed by atoms with van der Waals surface area (Å²) in [6.07, 6.45) is 3.20. The van der Waals surface area contributed by atoms with Crippen molar-refractivity contribution in [1.82, 2.24) is 0 Å². The maximum absolute atomic E-state index is 12.5. The Kier molecular flexibility index (Phi) is 7.28. The number of carbonyl (C=O) groups excluding carboxylic acids is 3. The van der Waals surface area contributed by atoms with Crippen LogP contribution in [0.2, 0.25) is 0 Å². The normalized spacial score (nSPS) is 16.3. The summed E-state index contributed by atoms with van der Waals surface area (Å²) in [5, 5.41) is 14.3. The monoisotopic (exact) mass is 480 g/mol. The van der Waals surface area contributed by atoms with Crippen molar-refractivity contribution < 1.29 is 24.0 Å². The molecule has 4 rings (SSSR count). The van der Waals surface area contributed by atoms with Gasteiger partial charge < -0.3 is 19.9 Å². The molecule has 0 unspecified atom stereocenters. The summed E-state index contributed by atoms with van der Waals surface area (Å²) in [5.74, 6) is -0.761. The SMILES string of the molecule is CC1CCN(c2ccc(C(=O)OCC(=O)Nc3cccc(N4CCCC4=O)c3)cc2[N+](=O)[O-])CC1. The van der Waals surface area contributed by atoms with Crippen molar-refractivity contribution in [3.05, 3.63) is 58.1 Å². The summed E-state index contributed by atoms with van der Waals surface area (Å²) < 4.78 is 5.09. The van der Waals surface area contributed by atoms with E-state index in [1.165, 1.54) is 12.1 Å². The second-order valence-corrected chi connectivity index (χ2v) is 8.95. The van der Waals surface area contributed by atoms with E-state index in [2.05, 4.69) is 12.2 Å². The number of rotatable bonds is 7. The Morgan fingerprint density at radius 2 is 1.91 bits per heavy atom. The van der Waals surface area contributed by atoms with Crippen molar-refractivity contribution in [3.63, 3.8) is 0 Å². The lowest BCUT2D eigenvalue weighted by molar-refractivity contribution is -0.384. The van der Waals surface area contributed by atoms with Crippen LogP contribution in [-0.4, -0.2) is 48.9 Å². The Morgan fingerprint density at radius 1 is 1.14 bits per heavy atom. The molecule has 1 N–H and O–H groups in total. The van der Waals surface area contributed by atoms with E-state index in [9.17, 15) is 24.5 Å². The molecule has 0 bridgehead atoms. The molecular formula is C25H28N4O6. The minimum atomic E-state index is -0.821. The average molecular weight is 481 g/mol. The number of carbonyl (C=O) groups is 3. The Labute approximate surface area is 203 Å². The van der Waals surface area contributed by atoms with Crippen molar-refractivity contribution in [3.8, 4) is 0 Å². The molecule has 2 aromatic rings. The third kappa shape index (κ3) is 5.76. The predicted molar refractivity (Wildman–Crippen MR) is 131 cm³/mol. The third-order valence-electron chi connectivity index (χ3n) is 6.38. The van der Waals surface area contributed by atoms with E-state index in [0.29, 0.717) is 35.9 Å². The van der Waals surface area contributed by atoms with Gasteiger partial charge in [0.25, 0.3) is 11.6 Å². The molecule has 2 heterocycles. The first kappa shape index (κ1) is 24.2. The summed E-state index contributed by atoms with van der Waals surface area (Å²) >= 11 is 0. The first-order chi connectivity index (χ1) is 16.8. The Bertz CT molecular complexity index is 1140. The number of nitrogens with zero attached hydrogens (tertiary/aromatic N) is 3. The molecule has 0 aromatic heterocycles. The molecule has 2 saturated heterocycles. The molecule has 0 radical (unpaired) electrons. The molecule has 2 amide bonds. The molecule has 10 nitrogen and oxygen atoms in total. The fourth-order valence-electron chi connectivity index (χ4n) is 4.40. The molecular weight excluding hydrogens is 452 g/mol. The van der Waals surface area contributed by atoms with Gasteiger partial charge in [0, 0.05) is 43.5 Å². The molecule has 0 atom stereocenters. The highest BCUT2D eigenvalue weighted by Crippen LogP contribution is 2.32. The summed E-state index contributed by atoms with van der Waals surface area (Å²) in [4.78, 5) is 51.5. The van der Waals surface area contributed by atoms with Crippen molar-refractivity contribution in [2.24, 2.45) is 5.92 Å². The number of esters is 1. The van der Waals surface area contributed by atoms with Gasteiger partial charge in [-0.3, -0.25) is 19.7 Å². The number of ether oxygens (including phenoxy) is 1. The van der Waals surface area contributed by atoms with Crippen LogP contribution in [0.3, 0.4) is 0 Å². The lowest BCUT2D eigenvalue weighted by atomic mass is 9.98. The number of nitrogens with one attached hydrogen (secondary N) is 1. The van der Waals surface area contributed by atoms with E-state index in [4.69, 9.17) is 4.74 Å². The fraction of sp³-hybridized carbons (Fsp3) is 0.400. The van der Waals surface area contributed by atoms with Gasteiger partial charge in [-0.1, -0.05) is 13.0 Å². The van der Waals surface area contributed by atoms with Gasteiger partial charge in [0.2, 0.25) is 5.91 Å². The lowest BCUT2D eigenvalue weighted by Crippen LogP contribution is -2.33. The van der Waals surface area contributed by atoms with E-state index in [0.717, 1.165) is 32.4 Å². The number of benzene rings is 2. The van der Waals surface area contributed by atoms with Crippen LogP contribution in [0, 0.1) is 16.0 Å². The van der Waals surface area contributed by atoms with Gasteiger partial charge in [0.1, 0.15) is 5.69 Å². The summed E-state index contributed by atoms with van der Waals surface area (Å²) in [6, 6.07) is 11.1. The van der Waals surface area contributed by atoms with Gasteiger partial charge in [-0.05, 0) is 55.5 Å². The number of nitro benzene ring substituents is 1. The number of hydrogen-bond acceptors (Lipinski definition) is 7. The molecule has 2 fully saturated rings. The Balaban J connectivity index is 1.36. The quantitative estimate of drug-likeness (QED) is 0.364. The second kappa shape index (κ2) is 10.5. The number of anilines is 3. The third-order valence-corrected chi connectivity index (χ3v) is 6.38. The fourth-order valence-corrected chi connectivity index (χ4v) is 4.40. The van der Waals surface area contributed by atoms with Gasteiger partial charge in [-0.25, -0.2) is 4.79 Å². The van der Waals surface area contributed by atoms with Crippen molar-refractivity contribution in [1.29, 1.82) is 0 Å². The highest BCUT2D eigenvalue weighted by atomic mass is 16.6. The smallest absolute Gasteiger partial charge is 0.338 e. The number of piperidine rings is 1. The maximum atomic E-state index is 12.5. The Hall–Kier alpha value is -3.95. The lowest BCUT2D eigenvalue weighted by Gasteiger charge is -2.31.